The van der Waals surface area contributed by atoms with Crippen LogP contribution >= 0.6 is 10.0 Å². The van der Waals surface area contributed by atoms with E-state index in [1.54, 1.807) is 0 Å². The van der Waals surface area contributed by atoms with Crippen LogP contribution in [0.2, 0.25) is 0 Å². The van der Waals surface area contributed by atoms with Crippen LogP contribution in [-0.4, -0.2) is 15.4 Å². The zero-order valence-electron chi connectivity index (χ0n) is 6.80. The molecule has 11 heavy (non-hydrogen) atoms. The molecule has 0 saturated carbocycles. The lowest BCUT2D eigenvalue weighted by Crippen LogP contribution is -3.00. The maximum absolute atomic E-state index is 4.78. The minimum absolute atomic E-state index is 0. The summed E-state index contributed by atoms with van der Waals surface area (Å²) in [6.07, 6.45) is 4.11. The fourth-order valence-electron chi connectivity index (χ4n) is 0.645. The Morgan fingerprint density at radius 1 is 1.18 bits per heavy atom. The Hall–Kier alpha value is 0.452. The minimum Gasteiger partial charge on any atom is -1.00 e. The van der Waals surface area contributed by atoms with E-state index in [-0.39, 0.29) is 17.0 Å². The summed E-state index contributed by atoms with van der Waals surface area (Å²) in [7, 11) is 4.78. The SMILES string of the molecule is CC[n+]1ccccc1.[AlH2][Cl].[Br-]. The molecule has 0 radical (unpaired) electrons. The predicted octanol–water partition coefficient (Wildman–Crippen LogP) is -2.23. The van der Waals surface area contributed by atoms with E-state index in [2.05, 4.69) is 23.9 Å². The minimum atomic E-state index is 0. The molecule has 1 rings (SSSR count). The van der Waals surface area contributed by atoms with Crippen LogP contribution in [0.1, 0.15) is 6.92 Å². The molecule has 0 aliphatic rings. The molecule has 0 atom stereocenters. The summed E-state index contributed by atoms with van der Waals surface area (Å²) in [4.78, 5) is 0. The average Bonchev–Trinajstić information content (AvgIpc) is 2.10. The van der Waals surface area contributed by atoms with E-state index < -0.39 is 0 Å². The first-order valence-corrected chi connectivity index (χ1v) is 6.27. The lowest BCUT2D eigenvalue weighted by atomic mass is 10.5. The largest absolute Gasteiger partial charge is 1.00 e. The number of pyridine rings is 1. The van der Waals surface area contributed by atoms with Gasteiger partial charge in [-0.15, -0.1) is 0 Å². The van der Waals surface area contributed by atoms with Crippen molar-refractivity contribution in [3.63, 3.8) is 0 Å². The summed E-state index contributed by atoms with van der Waals surface area (Å²) in [5, 5.41) is 0. The van der Waals surface area contributed by atoms with Crippen LogP contribution in [0.25, 0.3) is 0 Å². The van der Waals surface area contributed by atoms with Crippen LogP contribution < -0.4 is 21.5 Å². The number of halogens is 2. The summed E-state index contributed by atoms with van der Waals surface area (Å²) >= 11 is 0.778. The van der Waals surface area contributed by atoms with Gasteiger partial charge in [-0.1, -0.05) is 6.07 Å². The number of nitrogens with zero attached hydrogens (tertiary/aromatic N) is 1. The molecule has 1 nitrogen and oxygen atoms in total. The smallest absolute Gasteiger partial charge is 0.353 e. The number of aryl methyl sites for hydroxylation is 1. The van der Waals surface area contributed by atoms with E-state index in [4.69, 9.17) is 10.0 Å². The second-order valence-electron chi connectivity index (χ2n) is 1.71. The van der Waals surface area contributed by atoms with Crippen molar-refractivity contribution in [1.29, 1.82) is 0 Å². The van der Waals surface area contributed by atoms with Crippen molar-refractivity contribution < 1.29 is 21.5 Å². The van der Waals surface area contributed by atoms with Crippen LogP contribution in [-0.2, 0) is 6.54 Å². The molecule has 0 aromatic carbocycles. The van der Waals surface area contributed by atoms with E-state index in [0.29, 0.717) is 0 Å². The van der Waals surface area contributed by atoms with Gasteiger partial charge in [0, 0.05) is 12.1 Å². The van der Waals surface area contributed by atoms with E-state index in [0.717, 1.165) is 21.9 Å². The van der Waals surface area contributed by atoms with Gasteiger partial charge in [0.2, 0.25) is 0 Å². The molecule has 0 spiro atoms. The van der Waals surface area contributed by atoms with Crippen molar-refractivity contribution in [1.82, 2.24) is 0 Å². The first kappa shape index (κ1) is 14.0. The molecule has 1 aromatic heterocycles. The molecule has 0 bridgehead atoms. The van der Waals surface area contributed by atoms with Crippen LogP contribution in [0.4, 0.5) is 0 Å². The zero-order valence-corrected chi connectivity index (χ0v) is 11.1. The maximum atomic E-state index is 4.78. The highest BCUT2D eigenvalue weighted by atomic mass is 79.9. The van der Waals surface area contributed by atoms with Crippen molar-refractivity contribution in [3.8, 4) is 0 Å². The fourth-order valence-corrected chi connectivity index (χ4v) is 0.645. The first-order valence-electron chi connectivity index (χ1n) is 3.25. The molecule has 1 aromatic rings. The van der Waals surface area contributed by atoms with Crippen molar-refractivity contribution in [2.75, 3.05) is 0 Å². The third-order valence-corrected chi connectivity index (χ3v) is 1.14. The van der Waals surface area contributed by atoms with Gasteiger partial charge in [-0.2, -0.15) is 0 Å². The van der Waals surface area contributed by atoms with Crippen molar-refractivity contribution in [3.05, 3.63) is 30.6 Å². The van der Waals surface area contributed by atoms with Gasteiger partial charge in [0.25, 0.3) is 0 Å². The highest BCUT2D eigenvalue weighted by molar-refractivity contribution is 6.80. The molecular formula is C7H12AlBrClN. The molecule has 62 valence electrons. The standard InChI is InChI=1S/C7H10N.Al.BrH.ClH.2H/c1-2-8-6-4-3-5-7-8;;;;;/h3-7H,2H2,1H3;;2*1H;;/q2*+1;;;;/p-2. The second kappa shape index (κ2) is 10.5. The maximum Gasteiger partial charge on any atom is 0.353 e. The topological polar surface area (TPSA) is 3.88 Å². The number of hydrogen-bond acceptors (Lipinski definition) is 0. The Bertz CT molecular complexity index is 160. The fraction of sp³-hybridized carbons (Fsp3) is 0.286. The molecule has 0 saturated heterocycles. The van der Waals surface area contributed by atoms with E-state index in [1.807, 2.05) is 18.2 Å². The van der Waals surface area contributed by atoms with Gasteiger partial charge < -0.3 is 17.0 Å². The summed E-state index contributed by atoms with van der Waals surface area (Å²) < 4.78 is 2.12. The van der Waals surface area contributed by atoms with Gasteiger partial charge in [-0.05, 0) is 6.92 Å². The van der Waals surface area contributed by atoms with Gasteiger partial charge in [0.15, 0.2) is 12.4 Å². The van der Waals surface area contributed by atoms with E-state index in [1.165, 1.54) is 0 Å². The van der Waals surface area contributed by atoms with Crippen LogP contribution in [0.5, 0.6) is 0 Å². The van der Waals surface area contributed by atoms with Gasteiger partial charge in [0.1, 0.15) is 6.54 Å². The Kier molecular flexibility index (Phi) is 13.3. The van der Waals surface area contributed by atoms with Crippen LogP contribution in [0, 0.1) is 0 Å². The highest BCUT2D eigenvalue weighted by Crippen LogP contribution is 1.74. The summed E-state index contributed by atoms with van der Waals surface area (Å²) in [6, 6.07) is 6.08. The lowest BCUT2D eigenvalue weighted by Gasteiger charge is -1.84. The third kappa shape index (κ3) is 6.84. The van der Waals surface area contributed by atoms with Gasteiger partial charge in [-0.25, -0.2) is 4.57 Å². The molecule has 0 aliphatic carbocycles. The lowest BCUT2D eigenvalue weighted by molar-refractivity contribution is -0.693. The molecule has 0 fully saturated rings. The molecule has 0 N–H and O–H groups in total. The van der Waals surface area contributed by atoms with Gasteiger partial charge in [0.05, 0.1) is 0 Å². The van der Waals surface area contributed by atoms with Crippen molar-refractivity contribution in [2.45, 2.75) is 13.5 Å². The molecule has 0 unspecified atom stereocenters. The normalized spacial score (nSPS) is 7.09. The third-order valence-electron chi connectivity index (χ3n) is 1.14. The number of rotatable bonds is 1. The average molecular weight is 253 g/mol. The molecule has 0 amide bonds. The van der Waals surface area contributed by atoms with Crippen molar-refractivity contribution in [2.24, 2.45) is 0 Å². The highest BCUT2D eigenvalue weighted by Gasteiger charge is 1.86. The molecule has 0 aliphatic heterocycles. The zero-order chi connectivity index (χ0) is 7.82. The molecular weight excluding hydrogens is 240 g/mol. The second-order valence-corrected chi connectivity index (χ2v) is 1.71. The van der Waals surface area contributed by atoms with Gasteiger partial charge >= 0.3 is 15.4 Å². The quantitative estimate of drug-likeness (QED) is 0.394. The number of hydrogen-bond donors (Lipinski definition) is 0. The first-order chi connectivity index (χ1) is 4.93. The molecule has 1 heterocycles. The Labute approximate surface area is 90.8 Å². The summed E-state index contributed by atoms with van der Waals surface area (Å²) in [5.41, 5.74) is 0. The van der Waals surface area contributed by atoms with Crippen molar-refractivity contribution >= 4 is 25.4 Å². The van der Waals surface area contributed by atoms with Gasteiger partial charge in [-0.3, -0.25) is 10.0 Å². The predicted molar refractivity (Wildman–Crippen MR) is 46.7 cm³/mol. The van der Waals surface area contributed by atoms with E-state index >= 15 is 0 Å². The number of aromatic nitrogens is 1. The Morgan fingerprint density at radius 3 is 1.91 bits per heavy atom. The monoisotopic (exact) mass is 251 g/mol. The molecule has 4 heteroatoms. The van der Waals surface area contributed by atoms with E-state index in [9.17, 15) is 0 Å². The Morgan fingerprint density at radius 2 is 1.64 bits per heavy atom. The van der Waals surface area contributed by atoms with Crippen LogP contribution in [0.3, 0.4) is 0 Å². The Balaban J connectivity index is 0. The van der Waals surface area contributed by atoms with Crippen LogP contribution in [0.15, 0.2) is 30.6 Å². The summed E-state index contributed by atoms with van der Waals surface area (Å²) in [5.74, 6) is 0. The summed E-state index contributed by atoms with van der Waals surface area (Å²) in [6.45, 7) is 3.18.